The summed E-state index contributed by atoms with van der Waals surface area (Å²) in [4.78, 5) is 13.8. The van der Waals surface area contributed by atoms with E-state index in [2.05, 4.69) is 15.1 Å². The van der Waals surface area contributed by atoms with Crippen LogP contribution in [0, 0.1) is 0 Å². The van der Waals surface area contributed by atoms with Crippen LogP contribution in [0.4, 0.5) is 13.2 Å². The van der Waals surface area contributed by atoms with E-state index in [1.54, 1.807) is 0 Å². The summed E-state index contributed by atoms with van der Waals surface area (Å²) in [7, 11) is 0. The molecule has 0 saturated heterocycles. The Morgan fingerprint density at radius 1 is 1.43 bits per heavy atom. The molecule has 0 saturated carbocycles. The van der Waals surface area contributed by atoms with E-state index in [-0.39, 0.29) is 22.8 Å². The smallest absolute Gasteiger partial charge is 0.435 e. The number of azide groups is 1. The Bertz CT molecular complexity index is 812. The Hall–Kier alpha value is -2.71. The van der Waals surface area contributed by atoms with Gasteiger partial charge in [-0.15, -0.1) is 0 Å². The molecule has 0 radical (unpaired) electrons. The molecule has 1 heterocycles. The maximum absolute atomic E-state index is 12.8. The van der Waals surface area contributed by atoms with Gasteiger partial charge in [-0.3, -0.25) is 0 Å². The molecule has 0 spiro atoms. The Morgan fingerprint density at radius 3 is 2.70 bits per heavy atom. The maximum atomic E-state index is 12.8. The molecule has 0 aliphatic carbocycles. The molecule has 1 aromatic heterocycles. The molecule has 0 amide bonds. The van der Waals surface area contributed by atoms with Crippen molar-refractivity contribution in [3.8, 4) is 5.69 Å². The van der Waals surface area contributed by atoms with Gasteiger partial charge in [0.25, 0.3) is 0 Å². The lowest BCUT2D eigenvalue weighted by Crippen LogP contribution is -2.11. The number of benzene rings is 1. The van der Waals surface area contributed by atoms with Crippen molar-refractivity contribution >= 4 is 17.6 Å². The maximum Gasteiger partial charge on any atom is 0.435 e. The molecule has 0 aliphatic heterocycles. The minimum Gasteiger partial charge on any atom is -0.477 e. The number of carboxylic acids is 1. The second-order valence-corrected chi connectivity index (χ2v) is 4.73. The molecule has 120 valence electrons. The Labute approximate surface area is 131 Å². The van der Waals surface area contributed by atoms with Gasteiger partial charge in [0.15, 0.2) is 11.4 Å². The zero-order valence-electron chi connectivity index (χ0n) is 11.1. The van der Waals surface area contributed by atoms with Crippen LogP contribution >= 0.6 is 11.6 Å². The quantitative estimate of drug-likeness (QED) is 0.513. The average molecular weight is 346 g/mol. The lowest BCUT2D eigenvalue weighted by molar-refractivity contribution is -0.141. The number of halogens is 4. The summed E-state index contributed by atoms with van der Waals surface area (Å²) >= 11 is 5.82. The van der Waals surface area contributed by atoms with E-state index in [0.29, 0.717) is 10.7 Å². The lowest BCUT2D eigenvalue weighted by Gasteiger charge is -2.10. The summed E-state index contributed by atoms with van der Waals surface area (Å²) in [5, 5.41) is 15.9. The number of nitrogens with zero attached hydrogens (tertiary/aromatic N) is 5. The molecule has 2 rings (SSSR count). The third-order valence-electron chi connectivity index (χ3n) is 2.80. The van der Waals surface area contributed by atoms with E-state index < -0.39 is 23.5 Å². The van der Waals surface area contributed by atoms with E-state index in [1.807, 2.05) is 0 Å². The molecular formula is C12H7ClF3N5O2. The fraction of sp³-hybridized carbons (Fsp3) is 0.167. The van der Waals surface area contributed by atoms with Crippen LogP contribution < -0.4 is 0 Å². The summed E-state index contributed by atoms with van der Waals surface area (Å²) in [6.45, 7) is -0.205. The van der Waals surface area contributed by atoms with Gasteiger partial charge in [-0.25, -0.2) is 9.48 Å². The SMILES string of the molecule is [N-]=[N+]=NCc1ccc(Cl)cc1-n1nc(C(F)(F)F)cc1C(=O)O. The fourth-order valence-corrected chi connectivity index (χ4v) is 2.00. The van der Waals surface area contributed by atoms with E-state index in [1.165, 1.54) is 18.2 Å². The van der Waals surface area contributed by atoms with Crippen LogP contribution in [0.2, 0.25) is 5.02 Å². The zero-order chi connectivity index (χ0) is 17.2. The van der Waals surface area contributed by atoms with Crippen molar-refractivity contribution in [3.63, 3.8) is 0 Å². The highest BCUT2D eigenvalue weighted by atomic mass is 35.5. The number of hydrogen-bond donors (Lipinski definition) is 1. The fourth-order valence-electron chi connectivity index (χ4n) is 1.83. The van der Waals surface area contributed by atoms with Crippen molar-refractivity contribution in [2.24, 2.45) is 5.11 Å². The van der Waals surface area contributed by atoms with Crippen LogP contribution in [-0.4, -0.2) is 20.9 Å². The molecule has 23 heavy (non-hydrogen) atoms. The third-order valence-corrected chi connectivity index (χ3v) is 3.03. The Balaban J connectivity index is 2.70. The Kier molecular flexibility index (Phi) is 4.48. The molecule has 7 nitrogen and oxygen atoms in total. The molecule has 1 N–H and O–H groups in total. The molecule has 2 aromatic rings. The molecule has 0 atom stereocenters. The Morgan fingerprint density at radius 2 is 2.13 bits per heavy atom. The summed E-state index contributed by atoms with van der Waals surface area (Å²) in [6, 6.07) is 4.50. The number of alkyl halides is 3. The van der Waals surface area contributed by atoms with E-state index in [0.717, 1.165) is 0 Å². The second kappa shape index (κ2) is 6.19. The number of carboxylic acid groups (broad SMARTS) is 1. The highest BCUT2D eigenvalue weighted by Crippen LogP contribution is 2.31. The zero-order valence-corrected chi connectivity index (χ0v) is 11.9. The van der Waals surface area contributed by atoms with Gasteiger partial charge >= 0.3 is 12.1 Å². The van der Waals surface area contributed by atoms with Crippen LogP contribution in [-0.2, 0) is 12.7 Å². The summed E-state index contributed by atoms with van der Waals surface area (Å²) in [5.41, 5.74) is 6.57. The average Bonchev–Trinajstić information content (AvgIpc) is 2.91. The van der Waals surface area contributed by atoms with Gasteiger partial charge in [-0.2, -0.15) is 18.3 Å². The van der Waals surface area contributed by atoms with Crippen molar-refractivity contribution in [1.82, 2.24) is 9.78 Å². The van der Waals surface area contributed by atoms with Crippen LogP contribution in [0.5, 0.6) is 0 Å². The second-order valence-electron chi connectivity index (χ2n) is 4.29. The van der Waals surface area contributed by atoms with Gasteiger partial charge in [-0.1, -0.05) is 22.8 Å². The summed E-state index contributed by atoms with van der Waals surface area (Å²) in [6.07, 6.45) is -4.81. The topological polar surface area (TPSA) is 104 Å². The predicted molar refractivity (Wildman–Crippen MR) is 73.4 cm³/mol. The van der Waals surface area contributed by atoms with Crippen LogP contribution in [0.1, 0.15) is 21.7 Å². The van der Waals surface area contributed by atoms with Crippen molar-refractivity contribution in [3.05, 3.63) is 56.7 Å². The number of aromatic nitrogens is 2. The first kappa shape index (κ1) is 16.7. The van der Waals surface area contributed by atoms with Gasteiger partial charge in [0.1, 0.15) is 0 Å². The monoisotopic (exact) mass is 345 g/mol. The first-order valence-electron chi connectivity index (χ1n) is 5.94. The number of rotatable bonds is 4. The molecule has 0 fully saturated rings. The third kappa shape index (κ3) is 3.55. The minimum absolute atomic E-state index is 0.0159. The lowest BCUT2D eigenvalue weighted by atomic mass is 10.1. The van der Waals surface area contributed by atoms with Crippen molar-refractivity contribution in [1.29, 1.82) is 0 Å². The molecule has 11 heteroatoms. The number of hydrogen-bond acceptors (Lipinski definition) is 3. The molecule has 1 aromatic carbocycles. The normalized spacial score (nSPS) is 11.1. The predicted octanol–water partition coefficient (Wildman–Crippen LogP) is 4.05. The molecular weight excluding hydrogens is 339 g/mol. The first-order chi connectivity index (χ1) is 10.7. The standard InChI is InChI=1S/C12H7ClF3N5O2/c13-7-2-1-6(5-18-20-17)8(3-7)21-9(11(22)23)4-10(19-21)12(14,15)16/h1-4H,5H2,(H,22,23). The summed E-state index contributed by atoms with van der Waals surface area (Å²) in [5.74, 6) is -1.59. The van der Waals surface area contributed by atoms with Crippen molar-refractivity contribution in [2.75, 3.05) is 0 Å². The van der Waals surface area contributed by atoms with Crippen LogP contribution in [0.25, 0.3) is 16.1 Å². The largest absolute Gasteiger partial charge is 0.477 e. The van der Waals surface area contributed by atoms with E-state index in [9.17, 15) is 18.0 Å². The van der Waals surface area contributed by atoms with Crippen molar-refractivity contribution in [2.45, 2.75) is 12.7 Å². The first-order valence-corrected chi connectivity index (χ1v) is 6.32. The van der Waals surface area contributed by atoms with Gasteiger partial charge in [-0.05, 0) is 23.2 Å². The van der Waals surface area contributed by atoms with Gasteiger partial charge in [0.05, 0.1) is 12.2 Å². The molecule has 0 aliphatic rings. The van der Waals surface area contributed by atoms with Crippen molar-refractivity contribution < 1.29 is 23.1 Å². The van der Waals surface area contributed by atoms with Crippen LogP contribution in [0.15, 0.2) is 29.4 Å². The minimum atomic E-state index is -4.81. The number of aromatic carboxylic acids is 1. The molecule has 0 unspecified atom stereocenters. The highest BCUT2D eigenvalue weighted by Gasteiger charge is 2.36. The van der Waals surface area contributed by atoms with E-state index >= 15 is 0 Å². The number of carbonyl (C=O) groups is 1. The summed E-state index contributed by atoms with van der Waals surface area (Å²) < 4.78 is 39.0. The van der Waals surface area contributed by atoms with Crippen LogP contribution in [0.3, 0.4) is 0 Å². The van der Waals surface area contributed by atoms with Gasteiger partial charge < -0.3 is 5.11 Å². The highest BCUT2D eigenvalue weighted by molar-refractivity contribution is 6.30. The van der Waals surface area contributed by atoms with Gasteiger partial charge in [0, 0.05) is 16.0 Å². The molecule has 0 bridgehead atoms. The van der Waals surface area contributed by atoms with E-state index in [4.69, 9.17) is 22.2 Å². The van der Waals surface area contributed by atoms with Gasteiger partial charge in [0.2, 0.25) is 0 Å².